The predicted octanol–water partition coefficient (Wildman–Crippen LogP) is 3.39. The molecule has 1 aromatic heterocycles. The number of benzene rings is 2. The summed E-state index contributed by atoms with van der Waals surface area (Å²) in [6.07, 6.45) is 1.95. The summed E-state index contributed by atoms with van der Waals surface area (Å²) in [7, 11) is 1.60. The number of nitrogens with zero attached hydrogens (tertiary/aromatic N) is 3. The number of rotatable bonds is 10. The molecular weight excluding hydrogens is 518 g/mol. The van der Waals surface area contributed by atoms with Crippen LogP contribution in [0.5, 0.6) is 5.75 Å². The monoisotopic (exact) mass is 545 g/mol. The van der Waals surface area contributed by atoms with Crippen LogP contribution in [0.1, 0.15) is 29.7 Å². The van der Waals surface area contributed by atoms with Crippen molar-refractivity contribution < 1.29 is 23.5 Å². The van der Waals surface area contributed by atoms with Crippen LogP contribution in [-0.4, -0.2) is 52.5 Å². The Bertz CT molecular complexity index is 1420. The lowest BCUT2D eigenvalue weighted by Gasteiger charge is -2.25. The quantitative estimate of drug-likeness (QED) is 0.402. The molecule has 10 nitrogen and oxygen atoms in total. The number of nitrogens with one attached hydrogen (secondary N) is 2. The third kappa shape index (κ3) is 6.20. The van der Waals surface area contributed by atoms with Crippen molar-refractivity contribution >= 4 is 46.2 Å². The first-order valence-corrected chi connectivity index (χ1v) is 13.4. The minimum atomic E-state index is -0.712. The molecule has 3 aromatic rings. The molecule has 0 unspecified atom stereocenters. The van der Waals surface area contributed by atoms with E-state index in [2.05, 4.69) is 20.6 Å². The highest BCUT2D eigenvalue weighted by molar-refractivity contribution is 8.14. The molecule has 0 fully saturated rings. The van der Waals surface area contributed by atoms with Gasteiger partial charge in [-0.25, -0.2) is 9.89 Å². The fraction of sp³-hybridized carbons (Fsp3) is 0.250. The van der Waals surface area contributed by atoms with Gasteiger partial charge in [-0.3, -0.25) is 19.4 Å². The number of thioether (sulfide) groups is 1. The lowest BCUT2D eigenvalue weighted by molar-refractivity contribution is -0.125. The van der Waals surface area contributed by atoms with E-state index in [9.17, 15) is 14.4 Å². The van der Waals surface area contributed by atoms with Gasteiger partial charge in [-0.15, -0.1) is 0 Å². The number of hydrogen-bond donors (Lipinski definition) is 2. The summed E-state index contributed by atoms with van der Waals surface area (Å²) >= 11 is 1.16. The van der Waals surface area contributed by atoms with Crippen LogP contribution < -0.4 is 15.4 Å². The minimum Gasteiger partial charge on any atom is -0.497 e. The summed E-state index contributed by atoms with van der Waals surface area (Å²) in [6.45, 7) is 0.657. The van der Waals surface area contributed by atoms with Crippen molar-refractivity contribution in [2.24, 2.45) is 9.98 Å². The van der Waals surface area contributed by atoms with Crippen molar-refractivity contribution in [3.05, 3.63) is 83.8 Å². The van der Waals surface area contributed by atoms with Crippen molar-refractivity contribution in [1.82, 2.24) is 15.5 Å². The number of furan rings is 1. The van der Waals surface area contributed by atoms with Crippen LogP contribution in [0.2, 0.25) is 0 Å². The fourth-order valence-corrected chi connectivity index (χ4v) is 5.00. The molecule has 1 atom stereocenters. The average molecular weight is 546 g/mol. The number of aliphatic imine (C=N–C) groups is 2. The number of amides is 3. The van der Waals surface area contributed by atoms with Crippen LogP contribution in [0.15, 0.2) is 81.3 Å². The van der Waals surface area contributed by atoms with Gasteiger partial charge in [-0.05, 0) is 48.4 Å². The fourth-order valence-electron chi connectivity index (χ4n) is 4.17. The molecule has 0 aliphatic carbocycles. The van der Waals surface area contributed by atoms with E-state index >= 15 is 0 Å². The van der Waals surface area contributed by atoms with E-state index < -0.39 is 6.04 Å². The van der Waals surface area contributed by atoms with Crippen molar-refractivity contribution in [2.45, 2.75) is 32.0 Å². The molecule has 0 spiro atoms. The Balaban J connectivity index is 1.20. The largest absolute Gasteiger partial charge is 0.497 e. The molecular formula is C28H27N5O5S. The summed E-state index contributed by atoms with van der Waals surface area (Å²) in [4.78, 5) is 49.1. The Labute approximate surface area is 229 Å². The van der Waals surface area contributed by atoms with E-state index in [1.54, 1.807) is 25.5 Å². The molecule has 39 heavy (non-hydrogen) atoms. The summed E-state index contributed by atoms with van der Waals surface area (Å²) < 4.78 is 10.4. The zero-order valence-electron chi connectivity index (χ0n) is 21.3. The number of fused-ring (bicyclic) bond motifs is 3. The molecule has 5 rings (SSSR count). The zero-order chi connectivity index (χ0) is 27.2. The van der Waals surface area contributed by atoms with E-state index in [0.29, 0.717) is 29.0 Å². The molecule has 2 aliphatic rings. The van der Waals surface area contributed by atoms with E-state index in [0.717, 1.165) is 28.6 Å². The Hall–Kier alpha value is -4.38. The molecule has 2 aliphatic heterocycles. The van der Waals surface area contributed by atoms with Gasteiger partial charge in [0.25, 0.3) is 5.91 Å². The van der Waals surface area contributed by atoms with Gasteiger partial charge in [0.15, 0.2) is 5.17 Å². The molecule has 0 radical (unpaired) electrons. The number of amidine groups is 2. The van der Waals surface area contributed by atoms with Crippen LogP contribution in [0.4, 0.5) is 5.69 Å². The topological polar surface area (TPSA) is 126 Å². The second-order valence-corrected chi connectivity index (χ2v) is 9.80. The molecule has 0 saturated heterocycles. The third-order valence-electron chi connectivity index (χ3n) is 6.21. The normalized spacial score (nSPS) is 15.7. The summed E-state index contributed by atoms with van der Waals surface area (Å²) in [5, 5.41) is 6.06. The maximum absolute atomic E-state index is 13.4. The van der Waals surface area contributed by atoms with Gasteiger partial charge in [0.2, 0.25) is 11.8 Å². The number of para-hydroxylation sites is 1. The van der Waals surface area contributed by atoms with E-state index in [4.69, 9.17) is 9.15 Å². The highest BCUT2D eigenvalue weighted by atomic mass is 32.2. The van der Waals surface area contributed by atoms with Gasteiger partial charge >= 0.3 is 0 Å². The molecule has 3 heterocycles. The first-order valence-electron chi connectivity index (χ1n) is 12.4. The van der Waals surface area contributed by atoms with Crippen molar-refractivity contribution in [3.8, 4) is 5.75 Å². The van der Waals surface area contributed by atoms with Crippen LogP contribution in [0.3, 0.4) is 0 Å². The number of ether oxygens (including phenoxy) is 1. The van der Waals surface area contributed by atoms with E-state index in [1.165, 1.54) is 4.90 Å². The molecule has 0 bridgehead atoms. The Morgan fingerprint density at radius 2 is 1.82 bits per heavy atom. The lowest BCUT2D eigenvalue weighted by atomic mass is 10.1. The Kier molecular flexibility index (Phi) is 8.07. The number of hydrogen-bond acceptors (Lipinski definition) is 8. The molecule has 200 valence electrons. The van der Waals surface area contributed by atoms with Crippen molar-refractivity contribution in [1.29, 1.82) is 0 Å². The Morgan fingerprint density at radius 1 is 1.03 bits per heavy atom. The van der Waals surface area contributed by atoms with Crippen LogP contribution >= 0.6 is 11.8 Å². The van der Waals surface area contributed by atoms with Crippen LogP contribution in [0.25, 0.3) is 0 Å². The molecule has 0 saturated carbocycles. The zero-order valence-corrected chi connectivity index (χ0v) is 22.1. The van der Waals surface area contributed by atoms with Gasteiger partial charge in [0, 0.05) is 18.5 Å². The SMILES string of the molecule is COc1ccc(CNC(=O)CC[C@@H]2N=C3c4ccccc4N=C(SCC(=O)NCc4ccco4)N3C2=O)cc1. The van der Waals surface area contributed by atoms with Gasteiger partial charge in [-0.2, -0.15) is 0 Å². The average Bonchev–Trinajstić information content (AvgIpc) is 3.61. The molecule has 11 heteroatoms. The predicted molar refractivity (Wildman–Crippen MR) is 148 cm³/mol. The summed E-state index contributed by atoms with van der Waals surface area (Å²) in [6, 6.07) is 17.7. The number of carbonyl (C=O) groups is 3. The maximum atomic E-state index is 13.4. The van der Waals surface area contributed by atoms with Crippen molar-refractivity contribution in [2.75, 3.05) is 12.9 Å². The second kappa shape index (κ2) is 12.0. The highest BCUT2D eigenvalue weighted by Gasteiger charge is 2.41. The standard InChI is InChI=1S/C28H27N5O5S/c1-37-19-10-8-18(9-11-19)15-29-24(34)13-12-23-27(36)33-26(31-23)21-6-2-3-7-22(21)32-28(33)39-17-25(35)30-16-20-5-4-14-38-20/h2-11,14,23H,12-13,15-17H2,1H3,(H,29,34)(H,30,35)/t23-/m0/s1. The van der Waals surface area contributed by atoms with E-state index in [-0.39, 0.29) is 42.9 Å². The summed E-state index contributed by atoms with van der Waals surface area (Å²) in [5.74, 6) is 1.32. The van der Waals surface area contributed by atoms with Gasteiger partial charge < -0.3 is 19.8 Å². The second-order valence-electron chi connectivity index (χ2n) is 8.86. The maximum Gasteiger partial charge on any atom is 0.259 e. The number of carbonyl (C=O) groups excluding carboxylic acids is 3. The van der Waals surface area contributed by atoms with Gasteiger partial charge in [-0.1, -0.05) is 36.0 Å². The Morgan fingerprint density at radius 3 is 2.59 bits per heavy atom. The minimum absolute atomic E-state index is 0.0667. The molecule has 2 N–H and O–H groups in total. The van der Waals surface area contributed by atoms with E-state index in [1.807, 2.05) is 48.5 Å². The first kappa shape index (κ1) is 26.2. The molecule has 3 amide bonds. The smallest absolute Gasteiger partial charge is 0.259 e. The number of methoxy groups -OCH3 is 1. The lowest BCUT2D eigenvalue weighted by Crippen LogP contribution is -2.41. The van der Waals surface area contributed by atoms with Gasteiger partial charge in [0.05, 0.1) is 31.4 Å². The molecule has 2 aromatic carbocycles. The van der Waals surface area contributed by atoms with Crippen molar-refractivity contribution in [3.63, 3.8) is 0 Å². The summed E-state index contributed by atoms with van der Waals surface area (Å²) in [5.41, 5.74) is 2.36. The first-order chi connectivity index (χ1) is 19.0. The van der Waals surface area contributed by atoms with Crippen LogP contribution in [0, 0.1) is 0 Å². The van der Waals surface area contributed by atoms with Gasteiger partial charge in [0.1, 0.15) is 23.4 Å². The third-order valence-corrected chi connectivity index (χ3v) is 7.15. The van der Waals surface area contributed by atoms with Crippen LogP contribution in [-0.2, 0) is 27.5 Å². The highest BCUT2D eigenvalue weighted by Crippen LogP contribution is 2.34.